The van der Waals surface area contributed by atoms with Crippen LogP contribution in [0.5, 0.6) is 0 Å². The first kappa shape index (κ1) is 6.88. The number of rotatable bonds is 2. The molecule has 2 rings (SSSR count). The summed E-state index contributed by atoms with van der Waals surface area (Å²) in [5.41, 5.74) is 2.35. The minimum absolute atomic E-state index is 1.17. The normalized spacial score (nSPS) is 9.82. The van der Waals surface area contributed by atoms with Gasteiger partial charge in [0.05, 0.1) is 0 Å². The molecular formula is C8H7NS2. The zero-order valence-electron chi connectivity index (χ0n) is 5.78. The van der Waals surface area contributed by atoms with E-state index in [4.69, 9.17) is 0 Å². The van der Waals surface area contributed by atoms with Gasteiger partial charge < -0.3 is 5.32 Å². The molecule has 0 bridgehead atoms. The molecule has 2 heterocycles. The lowest BCUT2D eigenvalue weighted by Crippen LogP contribution is -1.82. The van der Waals surface area contributed by atoms with Crippen molar-refractivity contribution in [1.82, 2.24) is 0 Å². The Balaban J connectivity index is 2.14. The quantitative estimate of drug-likeness (QED) is 0.747. The van der Waals surface area contributed by atoms with Crippen LogP contribution >= 0.6 is 22.7 Å². The highest BCUT2D eigenvalue weighted by atomic mass is 32.1. The molecule has 0 aliphatic carbocycles. The first-order valence-electron chi connectivity index (χ1n) is 3.26. The fraction of sp³-hybridized carbons (Fsp3) is 0. The number of nitrogens with one attached hydrogen (secondary N) is 1. The molecule has 1 nitrogen and oxygen atoms in total. The molecule has 0 atom stereocenters. The topological polar surface area (TPSA) is 12.0 Å². The third-order valence-corrected chi connectivity index (χ3v) is 2.70. The number of hydrogen-bond acceptors (Lipinski definition) is 3. The molecule has 0 radical (unpaired) electrons. The second-order valence-electron chi connectivity index (χ2n) is 2.15. The van der Waals surface area contributed by atoms with Crippen LogP contribution in [0.1, 0.15) is 0 Å². The van der Waals surface area contributed by atoms with Gasteiger partial charge in [0.15, 0.2) is 0 Å². The summed E-state index contributed by atoms with van der Waals surface area (Å²) in [6.45, 7) is 0. The van der Waals surface area contributed by atoms with Crippen LogP contribution in [-0.2, 0) is 0 Å². The van der Waals surface area contributed by atoms with Crippen molar-refractivity contribution in [2.45, 2.75) is 0 Å². The van der Waals surface area contributed by atoms with E-state index < -0.39 is 0 Å². The Morgan fingerprint density at radius 3 is 1.82 bits per heavy atom. The molecule has 11 heavy (non-hydrogen) atoms. The highest BCUT2D eigenvalue weighted by Crippen LogP contribution is 2.20. The summed E-state index contributed by atoms with van der Waals surface area (Å²) >= 11 is 3.40. The van der Waals surface area contributed by atoms with Gasteiger partial charge in [-0.1, -0.05) is 0 Å². The minimum atomic E-state index is 1.17. The molecule has 0 aromatic carbocycles. The van der Waals surface area contributed by atoms with Gasteiger partial charge in [0.25, 0.3) is 0 Å². The molecule has 2 aromatic rings. The smallest absolute Gasteiger partial charge is 0.0493 e. The van der Waals surface area contributed by atoms with Crippen LogP contribution in [0.3, 0.4) is 0 Å². The highest BCUT2D eigenvalue weighted by molar-refractivity contribution is 7.08. The molecule has 0 amide bonds. The lowest BCUT2D eigenvalue weighted by molar-refractivity contribution is 1.66. The maximum Gasteiger partial charge on any atom is 0.0493 e. The SMILES string of the molecule is c1cc(Nc2ccsc2)cs1. The van der Waals surface area contributed by atoms with Gasteiger partial charge in [-0.3, -0.25) is 0 Å². The Labute approximate surface area is 73.3 Å². The van der Waals surface area contributed by atoms with E-state index in [-0.39, 0.29) is 0 Å². The van der Waals surface area contributed by atoms with E-state index in [0.717, 1.165) is 0 Å². The molecule has 0 aliphatic heterocycles. The van der Waals surface area contributed by atoms with Crippen molar-refractivity contribution in [2.24, 2.45) is 0 Å². The highest BCUT2D eigenvalue weighted by Gasteiger charge is 1.92. The number of anilines is 2. The van der Waals surface area contributed by atoms with E-state index in [1.54, 1.807) is 22.7 Å². The molecule has 0 spiro atoms. The van der Waals surface area contributed by atoms with Crippen LogP contribution in [-0.4, -0.2) is 0 Å². The molecule has 0 unspecified atom stereocenters. The van der Waals surface area contributed by atoms with Crippen molar-refractivity contribution in [2.75, 3.05) is 5.32 Å². The monoisotopic (exact) mass is 181 g/mol. The van der Waals surface area contributed by atoms with Crippen molar-refractivity contribution >= 4 is 34.0 Å². The van der Waals surface area contributed by atoms with E-state index in [0.29, 0.717) is 0 Å². The summed E-state index contributed by atoms with van der Waals surface area (Å²) in [5.74, 6) is 0. The van der Waals surface area contributed by atoms with Crippen LogP contribution in [0, 0.1) is 0 Å². The van der Waals surface area contributed by atoms with Crippen LogP contribution in [0.15, 0.2) is 33.7 Å². The molecular weight excluding hydrogens is 174 g/mol. The molecule has 1 N–H and O–H groups in total. The van der Waals surface area contributed by atoms with Crippen molar-refractivity contribution < 1.29 is 0 Å². The van der Waals surface area contributed by atoms with Crippen LogP contribution in [0.25, 0.3) is 0 Å². The second-order valence-corrected chi connectivity index (χ2v) is 3.71. The van der Waals surface area contributed by atoms with Gasteiger partial charge in [-0.25, -0.2) is 0 Å². The van der Waals surface area contributed by atoms with Gasteiger partial charge in [-0.05, 0) is 22.9 Å². The van der Waals surface area contributed by atoms with Gasteiger partial charge in [-0.15, -0.1) is 0 Å². The van der Waals surface area contributed by atoms with Crippen LogP contribution in [0.4, 0.5) is 11.4 Å². The Morgan fingerprint density at radius 2 is 1.45 bits per heavy atom. The third kappa shape index (κ3) is 1.61. The van der Waals surface area contributed by atoms with Gasteiger partial charge in [0.1, 0.15) is 0 Å². The lowest BCUT2D eigenvalue weighted by Gasteiger charge is -1.97. The maximum atomic E-state index is 3.28. The fourth-order valence-electron chi connectivity index (χ4n) is 0.838. The second kappa shape index (κ2) is 3.07. The van der Waals surface area contributed by atoms with Crippen molar-refractivity contribution in [3.8, 4) is 0 Å². The van der Waals surface area contributed by atoms with Gasteiger partial charge in [0, 0.05) is 22.1 Å². The van der Waals surface area contributed by atoms with E-state index >= 15 is 0 Å². The van der Waals surface area contributed by atoms with Crippen LogP contribution in [0.2, 0.25) is 0 Å². The summed E-state index contributed by atoms with van der Waals surface area (Å²) < 4.78 is 0. The molecule has 2 aromatic heterocycles. The summed E-state index contributed by atoms with van der Waals surface area (Å²) in [6, 6.07) is 4.14. The summed E-state index contributed by atoms with van der Waals surface area (Å²) in [7, 11) is 0. The Hall–Kier alpha value is -0.800. The predicted molar refractivity (Wildman–Crippen MR) is 51.9 cm³/mol. The summed E-state index contributed by atoms with van der Waals surface area (Å²) in [4.78, 5) is 0. The Bertz CT molecular complexity index is 264. The lowest BCUT2D eigenvalue weighted by atomic mass is 10.4. The zero-order valence-corrected chi connectivity index (χ0v) is 7.41. The van der Waals surface area contributed by atoms with Crippen molar-refractivity contribution in [1.29, 1.82) is 0 Å². The molecule has 0 saturated carbocycles. The Morgan fingerprint density at radius 1 is 0.909 bits per heavy atom. The number of thiophene rings is 2. The fourth-order valence-corrected chi connectivity index (χ4v) is 2.01. The first-order valence-corrected chi connectivity index (χ1v) is 5.15. The van der Waals surface area contributed by atoms with Crippen LogP contribution < -0.4 is 5.32 Å². The predicted octanol–water partition coefficient (Wildman–Crippen LogP) is 3.55. The third-order valence-electron chi connectivity index (χ3n) is 1.33. The average Bonchev–Trinajstić information content (AvgIpc) is 2.60. The van der Waals surface area contributed by atoms with Crippen molar-refractivity contribution in [3.05, 3.63) is 33.7 Å². The minimum Gasteiger partial charge on any atom is -0.354 e. The summed E-state index contributed by atoms with van der Waals surface area (Å²) in [5, 5.41) is 11.6. The van der Waals surface area contributed by atoms with Gasteiger partial charge in [0.2, 0.25) is 0 Å². The molecule has 56 valence electrons. The zero-order chi connectivity index (χ0) is 7.52. The molecule has 0 saturated heterocycles. The molecule has 3 heteroatoms. The molecule has 0 aliphatic rings. The average molecular weight is 181 g/mol. The van der Waals surface area contributed by atoms with Gasteiger partial charge in [-0.2, -0.15) is 22.7 Å². The van der Waals surface area contributed by atoms with E-state index in [2.05, 4.69) is 39.0 Å². The van der Waals surface area contributed by atoms with E-state index in [9.17, 15) is 0 Å². The summed E-state index contributed by atoms with van der Waals surface area (Å²) in [6.07, 6.45) is 0. The standard InChI is InChI=1S/C8H7NS2/c1-3-10-5-7(1)9-8-2-4-11-6-8/h1-6,9H. The van der Waals surface area contributed by atoms with Gasteiger partial charge >= 0.3 is 0 Å². The van der Waals surface area contributed by atoms with Crippen molar-refractivity contribution in [3.63, 3.8) is 0 Å². The Kier molecular flexibility index (Phi) is 1.92. The van der Waals surface area contributed by atoms with E-state index in [1.807, 2.05) is 0 Å². The molecule has 0 fully saturated rings. The largest absolute Gasteiger partial charge is 0.354 e. The maximum absolute atomic E-state index is 3.28. The number of hydrogen-bond donors (Lipinski definition) is 1. The first-order chi connectivity index (χ1) is 5.45. The van der Waals surface area contributed by atoms with E-state index in [1.165, 1.54) is 11.4 Å².